The van der Waals surface area contributed by atoms with Crippen LogP contribution in [0.1, 0.15) is 6.42 Å². The molecule has 1 fully saturated rings. The number of rotatable bonds is 7. The van der Waals surface area contributed by atoms with Gasteiger partial charge in [0, 0.05) is 11.5 Å². The topological polar surface area (TPSA) is 55.8 Å². The van der Waals surface area contributed by atoms with Gasteiger partial charge in [0.1, 0.15) is 17.3 Å². The van der Waals surface area contributed by atoms with E-state index in [0.717, 1.165) is 0 Å². The normalized spacial score (nSPS) is 17.6. The Balaban J connectivity index is 1.50. The Kier molecular flexibility index (Phi) is 5.16. The second-order valence-corrected chi connectivity index (χ2v) is 6.95. The summed E-state index contributed by atoms with van der Waals surface area (Å²) in [5.41, 5.74) is 0.553. The summed E-state index contributed by atoms with van der Waals surface area (Å²) >= 11 is 0. The zero-order valence-electron chi connectivity index (χ0n) is 15.3. The van der Waals surface area contributed by atoms with Crippen LogP contribution in [0.5, 0.6) is 17.2 Å². The SMILES string of the molecule is O=C(O)[C@@H]1CC1COc1ccc(-c2cc(Oc3ccccc3)ccc2F)cc1F. The van der Waals surface area contributed by atoms with Crippen molar-refractivity contribution in [3.8, 4) is 28.4 Å². The van der Waals surface area contributed by atoms with E-state index in [0.29, 0.717) is 23.5 Å². The molecule has 1 N–H and O–H groups in total. The number of carboxylic acid groups (broad SMARTS) is 1. The number of carbonyl (C=O) groups is 1. The molecular weight excluding hydrogens is 378 g/mol. The number of halogens is 2. The molecule has 4 nitrogen and oxygen atoms in total. The van der Waals surface area contributed by atoms with Crippen molar-refractivity contribution in [1.82, 2.24) is 0 Å². The van der Waals surface area contributed by atoms with Gasteiger partial charge < -0.3 is 14.6 Å². The van der Waals surface area contributed by atoms with Crippen molar-refractivity contribution in [3.63, 3.8) is 0 Å². The molecule has 4 rings (SSSR count). The Labute approximate surface area is 166 Å². The summed E-state index contributed by atoms with van der Waals surface area (Å²) in [6.45, 7) is 0.141. The Morgan fingerprint density at radius 2 is 1.76 bits per heavy atom. The van der Waals surface area contributed by atoms with Gasteiger partial charge in [0.05, 0.1) is 12.5 Å². The molecule has 0 spiro atoms. The molecule has 0 radical (unpaired) electrons. The fraction of sp³-hybridized carbons (Fsp3) is 0.174. The molecule has 0 bridgehead atoms. The molecule has 3 aromatic rings. The smallest absolute Gasteiger partial charge is 0.306 e. The highest BCUT2D eigenvalue weighted by atomic mass is 19.1. The minimum absolute atomic E-state index is 0.0156. The summed E-state index contributed by atoms with van der Waals surface area (Å²) in [5, 5.41) is 8.90. The first-order valence-electron chi connectivity index (χ1n) is 9.19. The molecule has 0 heterocycles. The highest BCUT2D eigenvalue weighted by Crippen LogP contribution is 2.39. The van der Waals surface area contributed by atoms with E-state index in [4.69, 9.17) is 14.6 Å². The minimum atomic E-state index is -0.859. The number of hydrogen-bond donors (Lipinski definition) is 1. The van der Waals surface area contributed by atoms with Gasteiger partial charge in [-0.2, -0.15) is 0 Å². The third-order valence-corrected chi connectivity index (χ3v) is 4.85. The maximum absolute atomic E-state index is 14.4. The van der Waals surface area contributed by atoms with Gasteiger partial charge in [-0.05, 0) is 54.4 Å². The molecule has 0 amide bonds. The van der Waals surface area contributed by atoms with E-state index in [2.05, 4.69) is 0 Å². The van der Waals surface area contributed by atoms with E-state index in [1.54, 1.807) is 18.2 Å². The van der Waals surface area contributed by atoms with E-state index in [1.807, 2.05) is 18.2 Å². The Morgan fingerprint density at radius 1 is 0.966 bits per heavy atom. The minimum Gasteiger partial charge on any atom is -0.490 e. The second-order valence-electron chi connectivity index (χ2n) is 6.95. The lowest BCUT2D eigenvalue weighted by molar-refractivity contribution is -0.138. The Hall–Kier alpha value is -3.41. The zero-order valence-corrected chi connectivity index (χ0v) is 15.3. The first kappa shape index (κ1) is 18.9. The first-order chi connectivity index (χ1) is 14.0. The van der Waals surface area contributed by atoms with Crippen molar-refractivity contribution >= 4 is 5.97 Å². The molecule has 0 aromatic heterocycles. The number of hydrogen-bond acceptors (Lipinski definition) is 3. The van der Waals surface area contributed by atoms with Gasteiger partial charge in [-0.25, -0.2) is 8.78 Å². The van der Waals surface area contributed by atoms with E-state index in [-0.39, 0.29) is 23.8 Å². The molecule has 0 saturated heterocycles. The fourth-order valence-corrected chi connectivity index (χ4v) is 3.13. The lowest BCUT2D eigenvalue weighted by Gasteiger charge is -2.11. The van der Waals surface area contributed by atoms with Crippen molar-refractivity contribution < 1.29 is 28.2 Å². The van der Waals surface area contributed by atoms with Gasteiger partial charge in [-0.1, -0.05) is 24.3 Å². The van der Waals surface area contributed by atoms with Crippen molar-refractivity contribution in [3.05, 3.63) is 78.4 Å². The quantitative estimate of drug-likeness (QED) is 0.571. The van der Waals surface area contributed by atoms with E-state index >= 15 is 0 Å². The molecule has 0 aliphatic heterocycles. The molecular formula is C23H18F2O4. The highest BCUT2D eigenvalue weighted by molar-refractivity contribution is 5.73. The Bertz CT molecular complexity index is 1040. The van der Waals surface area contributed by atoms with E-state index in [1.165, 1.54) is 30.3 Å². The van der Waals surface area contributed by atoms with Crippen LogP contribution in [0.2, 0.25) is 0 Å². The summed E-state index contributed by atoms with van der Waals surface area (Å²) in [7, 11) is 0. The first-order valence-corrected chi connectivity index (χ1v) is 9.19. The molecule has 148 valence electrons. The van der Waals surface area contributed by atoms with Crippen LogP contribution in [0.3, 0.4) is 0 Å². The number of carboxylic acids is 1. The summed E-state index contributed by atoms with van der Waals surface area (Å²) in [5.74, 6) is -1.45. The van der Waals surface area contributed by atoms with Crippen LogP contribution in [0.25, 0.3) is 11.1 Å². The number of aliphatic carboxylic acids is 1. The molecule has 2 atom stereocenters. The molecule has 6 heteroatoms. The maximum Gasteiger partial charge on any atom is 0.306 e. The third-order valence-electron chi connectivity index (χ3n) is 4.85. The Morgan fingerprint density at radius 3 is 2.45 bits per heavy atom. The number of para-hydroxylation sites is 1. The van der Waals surface area contributed by atoms with Crippen LogP contribution in [0.4, 0.5) is 8.78 Å². The van der Waals surface area contributed by atoms with Crippen molar-refractivity contribution in [2.24, 2.45) is 11.8 Å². The summed E-state index contributed by atoms with van der Waals surface area (Å²) in [6, 6.07) is 17.6. The van der Waals surface area contributed by atoms with Crippen LogP contribution >= 0.6 is 0 Å². The van der Waals surface area contributed by atoms with Gasteiger partial charge in [0.25, 0.3) is 0 Å². The number of ether oxygens (including phenoxy) is 2. The average Bonchev–Trinajstić information content (AvgIpc) is 3.49. The maximum atomic E-state index is 14.4. The lowest BCUT2D eigenvalue weighted by atomic mass is 10.0. The molecule has 1 aliphatic rings. The van der Waals surface area contributed by atoms with E-state index in [9.17, 15) is 13.6 Å². The standard InChI is InChI=1S/C23H18F2O4/c24-20-8-7-17(29-16-4-2-1-3-5-16)12-18(20)14-6-9-22(21(25)11-14)28-13-15-10-19(15)23(26)27/h1-9,11-12,15,19H,10,13H2,(H,26,27)/t15?,19-/m1/s1. The van der Waals surface area contributed by atoms with Crippen LogP contribution < -0.4 is 9.47 Å². The fourth-order valence-electron chi connectivity index (χ4n) is 3.13. The van der Waals surface area contributed by atoms with Gasteiger partial charge in [-0.3, -0.25) is 4.79 Å². The molecule has 1 unspecified atom stereocenters. The highest BCUT2D eigenvalue weighted by Gasteiger charge is 2.43. The third kappa shape index (κ3) is 4.37. The van der Waals surface area contributed by atoms with Gasteiger partial charge in [0.15, 0.2) is 11.6 Å². The molecule has 29 heavy (non-hydrogen) atoms. The van der Waals surface area contributed by atoms with E-state index < -0.39 is 23.5 Å². The largest absolute Gasteiger partial charge is 0.490 e. The van der Waals surface area contributed by atoms with Gasteiger partial charge in [0.2, 0.25) is 0 Å². The molecule has 3 aromatic carbocycles. The van der Waals surface area contributed by atoms with Crippen molar-refractivity contribution in [1.29, 1.82) is 0 Å². The van der Waals surface area contributed by atoms with Crippen LogP contribution in [-0.2, 0) is 4.79 Å². The van der Waals surface area contributed by atoms with Crippen LogP contribution in [-0.4, -0.2) is 17.7 Å². The molecule has 1 saturated carbocycles. The van der Waals surface area contributed by atoms with Gasteiger partial charge >= 0.3 is 5.97 Å². The van der Waals surface area contributed by atoms with Crippen molar-refractivity contribution in [2.75, 3.05) is 6.61 Å². The number of benzene rings is 3. The molecule has 1 aliphatic carbocycles. The summed E-state index contributed by atoms with van der Waals surface area (Å²) < 4.78 is 39.9. The van der Waals surface area contributed by atoms with Crippen LogP contribution in [0, 0.1) is 23.5 Å². The predicted octanol–water partition coefficient (Wildman–Crippen LogP) is 5.52. The lowest BCUT2D eigenvalue weighted by Crippen LogP contribution is -2.07. The second kappa shape index (κ2) is 7.91. The summed E-state index contributed by atoms with van der Waals surface area (Å²) in [4.78, 5) is 10.9. The van der Waals surface area contributed by atoms with Gasteiger partial charge in [-0.15, -0.1) is 0 Å². The predicted molar refractivity (Wildman–Crippen MR) is 103 cm³/mol. The average molecular weight is 396 g/mol. The zero-order chi connectivity index (χ0) is 20.4. The van der Waals surface area contributed by atoms with Crippen molar-refractivity contribution in [2.45, 2.75) is 6.42 Å². The monoisotopic (exact) mass is 396 g/mol. The summed E-state index contributed by atoms with van der Waals surface area (Å²) in [6.07, 6.45) is 0.536. The van der Waals surface area contributed by atoms with Crippen LogP contribution in [0.15, 0.2) is 66.7 Å².